The van der Waals surface area contributed by atoms with Gasteiger partial charge in [0, 0.05) is 49.5 Å². The van der Waals surface area contributed by atoms with Gasteiger partial charge in [-0.2, -0.15) is 0 Å². The third-order valence-electron chi connectivity index (χ3n) is 4.60. The Hall–Kier alpha value is -1.72. The molecule has 1 atom stereocenters. The van der Waals surface area contributed by atoms with Gasteiger partial charge in [0.15, 0.2) is 0 Å². The van der Waals surface area contributed by atoms with Crippen LogP contribution in [0.1, 0.15) is 31.4 Å². The summed E-state index contributed by atoms with van der Waals surface area (Å²) in [5.74, 6) is -2.43. The molecule has 23 heavy (non-hydrogen) atoms. The highest BCUT2D eigenvalue weighted by atomic mass is 19.3. The number of carbonyl (C=O) groups excluding carboxylic acids is 1. The number of nitrogens with zero attached hydrogens (tertiary/aromatic N) is 2. The Bertz CT molecular complexity index is 571. The van der Waals surface area contributed by atoms with E-state index in [-0.39, 0.29) is 24.7 Å². The summed E-state index contributed by atoms with van der Waals surface area (Å²) >= 11 is 0. The number of hydrogen-bond donors (Lipinski definition) is 0. The first kappa shape index (κ1) is 16.1. The number of aromatic nitrogens is 1. The summed E-state index contributed by atoms with van der Waals surface area (Å²) in [6, 6.07) is 5.61. The summed E-state index contributed by atoms with van der Waals surface area (Å²) in [7, 11) is 0. The number of piperidine rings is 1. The second-order valence-electron chi connectivity index (χ2n) is 6.68. The molecule has 1 saturated heterocycles. The smallest absolute Gasteiger partial charge is 0.249 e. The lowest BCUT2D eigenvalue weighted by Gasteiger charge is -2.40. The van der Waals surface area contributed by atoms with Gasteiger partial charge in [-0.05, 0) is 25.8 Å². The van der Waals surface area contributed by atoms with E-state index in [0.29, 0.717) is 25.6 Å². The maximum absolute atomic E-state index is 12.9. The van der Waals surface area contributed by atoms with Crippen molar-refractivity contribution in [2.75, 3.05) is 19.7 Å². The molecule has 6 heteroatoms. The number of alkyl halides is 2. The number of carbonyl (C=O) groups is 1. The molecule has 0 spiro atoms. The second-order valence-corrected chi connectivity index (χ2v) is 6.68. The molecule has 1 aliphatic heterocycles. The van der Waals surface area contributed by atoms with Gasteiger partial charge in [-0.3, -0.25) is 4.79 Å². The molecule has 1 aliphatic carbocycles. The lowest BCUT2D eigenvalue weighted by atomic mass is 9.80. The van der Waals surface area contributed by atoms with Crippen LogP contribution in [0.25, 0.3) is 0 Å². The zero-order chi connectivity index (χ0) is 16.4. The molecule has 0 bridgehead atoms. The molecular formula is C17H22F2N2O2. The van der Waals surface area contributed by atoms with Gasteiger partial charge in [-0.1, -0.05) is 6.07 Å². The number of likely N-dealkylation sites (tertiary alicyclic amines) is 1. The van der Waals surface area contributed by atoms with E-state index in [1.54, 1.807) is 4.90 Å². The molecule has 1 unspecified atom stereocenters. The van der Waals surface area contributed by atoms with E-state index >= 15 is 0 Å². The summed E-state index contributed by atoms with van der Waals surface area (Å²) in [6.07, 6.45) is 1.29. The van der Waals surface area contributed by atoms with E-state index in [9.17, 15) is 13.6 Å². The summed E-state index contributed by atoms with van der Waals surface area (Å²) in [6.45, 7) is 3.66. The maximum atomic E-state index is 12.9. The van der Waals surface area contributed by atoms with Crippen molar-refractivity contribution in [2.45, 2.75) is 38.5 Å². The SMILES string of the molecule is Cc1cccc(OCC2CCCN(C(=O)C3CC(F)(F)C3)C2)n1. The Kier molecular flexibility index (Phi) is 4.50. The fourth-order valence-electron chi connectivity index (χ4n) is 3.30. The van der Waals surface area contributed by atoms with E-state index < -0.39 is 11.8 Å². The lowest BCUT2D eigenvalue weighted by molar-refractivity contribution is -0.161. The normalized spacial score (nSPS) is 24.1. The number of pyridine rings is 1. The zero-order valence-corrected chi connectivity index (χ0v) is 13.3. The van der Waals surface area contributed by atoms with Crippen molar-refractivity contribution in [3.63, 3.8) is 0 Å². The van der Waals surface area contributed by atoms with E-state index in [1.165, 1.54) is 0 Å². The fraction of sp³-hybridized carbons (Fsp3) is 0.647. The van der Waals surface area contributed by atoms with E-state index in [4.69, 9.17) is 4.74 Å². The average Bonchev–Trinajstić information content (AvgIpc) is 2.50. The Balaban J connectivity index is 1.49. The highest BCUT2D eigenvalue weighted by Crippen LogP contribution is 2.43. The third kappa shape index (κ3) is 3.98. The Morgan fingerprint density at radius 1 is 1.43 bits per heavy atom. The standard InChI is InChI=1S/C17H22F2N2O2/c1-12-4-2-6-15(20-12)23-11-13-5-3-7-21(10-13)16(22)14-8-17(18,19)9-14/h2,4,6,13-14H,3,5,7-11H2,1H3. The molecule has 0 aromatic carbocycles. The zero-order valence-electron chi connectivity index (χ0n) is 13.3. The third-order valence-corrected chi connectivity index (χ3v) is 4.60. The Morgan fingerprint density at radius 2 is 2.22 bits per heavy atom. The minimum atomic E-state index is -2.64. The van der Waals surface area contributed by atoms with Gasteiger partial charge < -0.3 is 9.64 Å². The number of aryl methyl sites for hydroxylation is 1. The van der Waals surface area contributed by atoms with Crippen molar-refractivity contribution in [2.24, 2.45) is 11.8 Å². The van der Waals surface area contributed by atoms with Crippen molar-refractivity contribution in [1.29, 1.82) is 0 Å². The van der Waals surface area contributed by atoms with E-state index in [1.807, 2.05) is 25.1 Å². The van der Waals surface area contributed by atoms with Crippen LogP contribution in [0.3, 0.4) is 0 Å². The molecule has 4 nitrogen and oxygen atoms in total. The van der Waals surface area contributed by atoms with Crippen molar-refractivity contribution >= 4 is 5.91 Å². The molecule has 126 valence electrons. The van der Waals surface area contributed by atoms with E-state index in [2.05, 4.69) is 4.98 Å². The maximum Gasteiger partial charge on any atom is 0.249 e. The van der Waals surface area contributed by atoms with Gasteiger partial charge in [-0.15, -0.1) is 0 Å². The molecule has 2 fully saturated rings. The van der Waals surface area contributed by atoms with Crippen LogP contribution < -0.4 is 4.74 Å². The van der Waals surface area contributed by atoms with Gasteiger partial charge in [0.25, 0.3) is 0 Å². The van der Waals surface area contributed by atoms with Crippen LogP contribution in [0.4, 0.5) is 8.78 Å². The summed E-state index contributed by atoms with van der Waals surface area (Å²) in [5.41, 5.74) is 0.897. The minimum Gasteiger partial charge on any atom is -0.477 e. The molecule has 1 aromatic heterocycles. The highest BCUT2D eigenvalue weighted by molar-refractivity contribution is 5.80. The molecular weight excluding hydrogens is 302 g/mol. The highest BCUT2D eigenvalue weighted by Gasteiger charge is 2.50. The van der Waals surface area contributed by atoms with Crippen LogP contribution in [-0.4, -0.2) is 41.4 Å². The number of halogens is 2. The molecule has 2 heterocycles. The topological polar surface area (TPSA) is 42.4 Å². The predicted octanol–water partition coefficient (Wildman–Crippen LogP) is 3.05. The van der Waals surface area contributed by atoms with Gasteiger partial charge in [0.2, 0.25) is 17.7 Å². The lowest BCUT2D eigenvalue weighted by Crippen LogP contribution is -2.50. The van der Waals surface area contributed by atoms with Crippen LogP contribution in [0.15, 0.2) is 18.2 Å². The van der Waals surface area contributed by atoms with Crippen molar-refractivity contribution in [3.05, 3.63) is 23.9 Å². The predicted molar refractivity (Wildman–Crippen MR) is 81.4 cm³/mol. The van der Waals surface area contributed by atoms with Gasteiger partial charge in [-0.25, -0.2) is 13.8 Å². The van der Waals surface area contributed by atoms with Crippen molar-refractivity contribution < 1.29 is 18.3 Å². The van der Waals surface area contributed by atoms with Crippen LogP contribution in [0.2, 0.25) is 0 Å². The molecule has 1 aromatic rings. The van der Waals surface area contributed by atoms with Gasteiger partial charge in [0.1, 0.15) is 0 Å². The number of amides is 1. The summed E-state index contributed by atoms with van der Waals surface area (Å²) in [4.78, 5) is 18.3. The van der Waals surface area contributed by atoms with Crippen molar-refractivity contribution in [1.82, 2.24) is 9.88 Å². The van der Waals surface area contributed by atoms with Crippen LogP contribution in [0, 0.1) is 18.8 Å². The largest absolute Gasteiger partial charge is 0.477 e. The number of hydrogen-bond acceptors (Lipinski definition) is 3. The van der Waals surface area contributed by atoms with Crippen LogP contribution >= 0.6 is 0 Å². The molecule has 3 rings (SSSR count). The first-order chi connectivity index (χ1) is 10.9. The monoisotopic (exact) mass is 324 g/mol. The minimum absolute atomic E-state index is 0.116. The number of rotatable bonds is 4. The Labute approximate surface area is 134 Å². The number of ether oxygens (including phenoxy) is 1. The quantitative estimate of drug-likeness (QED) is 0.855. The summed E-state index contributed by atoms with van der Waals surface area (Å²) in [5, 5.41) is 0. The second kappa shape index (κ2) is 6.42. The molecule has 0 radical (unpaired) electrons. The first-order valence-corrected chi connectivity index (χ1v) is 8.16. The molecule has 1 amide bonds. The van der Waals surface area contributed by atoms with Gasteiger partial charge >= 0.3 is 0 Å². The molecule has 0 N–H and O–H groups in total. The van der Waals surface area contributed by atoms with Crippen LogP contribution in [-0.2, 0) is 4.79 Å². The average molecular weight is 324 g/mol. The molecule has 2 aliphatic rings. The fourth-order valence-corrected chi connectivity index (χ4v) is 3.30. The molecule has 1 saturated carbocycles. The Morgan fingerprint density at radius 3 is 2.91 bits per heavy atom. The van der Waals surface area contributed by atoms with Gasteiger partial charge in [0.05, 0.1) is 6.61 Å². The summed E-state index contributed by atoms with van der Waals surface area (Å²) < 4.78 is 31.6. The van der Waals surface area contributed by atoms with Crippen molar-refractivity contribution in [3.8, 4) is 5.88 Å². The first-order valence-electron chi connectivity index (χ1n) is 8.16. The van der Waals surface area contributed by atoms with Crippen LogP contribution in [0.5, 0.6) is 5.88 Å². The van der Waals surface area contributed by atoms with E-state index in [0.717, 1.165) is 18.5 Å².